The quantitative estimate of drug-likeness (QED) is 0.815. The summed E-state index contributed by atoms with van der Waals surface area (Å²) in [5.41, 5.74) is 1.14. The molecule has 94 valence electrons. The van der Waals surface area contributed by atoms with Crippen LogP contribution in [-0.2, 0) is 0 Å². The molecule has 0 radical (unpaired) electrons. The van der Waals surface area contributed by atoms with Gasteiger partial charge in [-0.3, -0.25) is 0 Å². The summed E-state index contributed by atoms with van der Waals surface area (Å²) in [5.74, 6) is 0.212. The molecule has 0 saturated carbocycles. The highest BCUT2D eigenvalue weighted by Gasteiger charge is 2.05. The van der Waals surface area contributed by atoms with E-state index in [-0.39, 0.29) is 5.82 Å². The molecule has 0 heterocycles. The van der Waals surface area contributed by atoms with Crippen molar-refractivity contribution in [1.82, 2.24) is 0 Å². The van der Waals surface area contributed by atoms with Crippen LogP contribution >= 0.6 is 0 Å². The number of rotatable bonds is 6. The summed E-state index contributed by atoms with van der Waals surface area (Å²) >= 11 is 0. The van der Waals surface area contributed by atoms with Crippen molar-refractivity contribution >= 4 is 5.69 Å². The van der Waals surface area contributed by atoms with Crippen LogP contribution < -0.4 is 10.1 Å². The summed E-state index contributed by atoms with van der Waals surface area (Å²) in [6.07, 6.45) is 2.25. The van der Waals surface area contributed by atoms with Gasteiger partial charge in [0.1, 0.15) is 18.2 Å². The molecule has 0 amide bonds. The molecule has 0 aliphatic rings. The average Bonchev–Trinajstić information content (AvgIpc) is 2.28. The summed E-state index contributed by atoms with van der Waals surface area (Å²) in [5, 5.41) is 2.92. The lowest BCUT2D eigenvalue weighted by molar-refractivity contribution is 0.318. The Balaban J connectivity index is 2.86. The molecular formula is C13H17F2NO. The molecule has 1 rings (SSSR count). The lowest BCUT2D eigenvalue weighted by Gasteiger charge is -2.13. The SMILES string of the molecule is CCCOc1ccc(F)cc1NC(C)=CCF. The lowest BCUT2D eigenvalue weighted by atomic mass is 10.2. The molecule has 0 spiro atoms. The van der Waals surface area contributed by atoms with Gasteiger partial charge >= 0.3 is 0 Å². The first-order chi connectivity index (χ1) is 8.17. The number of benzene rings is 1. The molecule has 0 atom stereocenters. The second-order valence-electron chi connectivity index (χ2n) is 3.66. The van der Waals surface area contributed by atoms with Crippen molar-refractivity contribution in [3.63, 3.8) is 0 Å². The van der Waals surface area contributed by atoms with Crippen molar-refractivity contribution in [3.05, 3.63) is 35.8 Å². The first kappa shape index (κ1) is 13.5. The number of hydrogen-bond donors (Lipinski definition) is 1. The second kappa shape index (κ2) is 6.89. The molecule has 1 aromatic carbocycles. The second-order valence-corrected chi connectivity index (χ2v) is 3.66. The summed E-state index contributed by atoms with van der Waals surface area (Å²) in [6.45, 7) is 3.71. The Kier molecular flexibility index (Phi) is 5.46. The van der Waals surface area contributed by atoms with Gasteiger partial charge in [-0.25, -0.2) is 8.78 Å². The van der Waals surface area contributed by atoms with Gasteiger partial charge in [0.15, 0.2) is 0 Å². The van der Waals surface area contributed by atoms with Crippen LogP contribution in [0.3, 0.4) is 0 Å². The first-order valence-corrected chi connectivity index (χ1v) is 5.59. The van der Waals surface area contributed by atoms with E-state index in [9.17, 15) is 8.78 Å². The molecule has 0 aliphatic heterocycles. The number of allylic oxidation sites excluding steroid dienone is 2. The van der Waals surface area contributed by atoms with E-state index in [0.29, 0.717) is 23.7 Å². The van der Waals surface area contributed by atoms with Crippen molar-refractivity contribution in [3.8, 4) is 5.75 Å². The van der Waals surface area contributed by atoms with E-state index in [1.807, 2.05) is 6.92 Å². The largest absolute Gasteiger partial charge is 0.491 e. The van der Waals surface area contributed by atoms with Gasteiger partial charge in [-0.1, -0.05) is 6.92 Å². The van der Waals surface area contributed by atoms with E-state index in [4.69, 9.17) is 4.74 Å². The minimum atomic E-state index is -0.556. The maximum Gasteiger partial charge on any atom is 0.142 e. The summed E-state index contributed by atoms with van der Waals surface area (Å²) in [4.78, 5) is 0. The molecule has 0 aromatic heterocycles. The topological polar surface area (TPSA) is 21.3 Å². The van der Waals surface area contributed by atoms with Crippen molar-refractivity contribution < 1.29 is 13.5 Å². The maximum absolute atomic E-state index is 13.1. The number of halogens is 2. The predicted molar refractivity (Wildman–Crippen MR) is 65.5 cm³/mol. The Bertz CT molecular complexity index is 391. The molecule has 0 unspecified atom stereocenters. The summed E-state index contributed by atoms with van der Waals surface area (Å²) < 4.78 is 30.7. The van der Waals surface area contributed by atoms with E-state index in [2.05, 4.69) is 5.32 Å². The Morgan fingerprint density at radius 3 is 2.88 bits per heavy atom. The van der Waals surface area contributed by atoms with E-state index in [0.717, 1.165) is 6.42 Å². The van der Waals surface area contributed by atoms with Gasteiger partial charge in [0.2, 0.25) is 0 Å². The zero-order valence-corrected chi connectivity index (χ0v) is 10.1. The highest BCUT2D eigenvalue weighted by molar-refractivity contribution is 5.59. The smallest absolute Gasteiger partial charge is 0.142 e. The minimum absolute atomic E-state index is 0.357. The third kappa shape index (κ3) is 4.43. The zero-order valence-electron chi connectivity index (χ0n) is 10.1. The standard InChI is InChI=1S/C13H17F2NO/c1-3-8-17-13-5-4-11(15)9-12(13)16-10(2)6-7-14/h4-6,9,16H,3,7-8H2,1-2H3. The number of anilines is 1. The van der Waals surface area contributed by atoms with Gasteiger partial charge in [0.05, 0.1) is 12.3 Å². The molecule has 0 bridgehead atoms. The van der Waals surface area contributed by atoms with E-state index < -0.39 is 6.67 Å². The number of alkyl halides is 1. The molecule has 0 aliphatic carbocycles. The van der Waals surface area contributed by atoms with Crippen LogP contribution in [0.2, 0.25) is 0 Å². The fraction of sp³-hybridized carbons (Fsp3) is 0.385. The van der Waals surface area contributed by atoms with Gasteiger partial charge < -0.3 is 10.1 Å². The molecule has 0 saturated heterocycles. The molecule has 0 fully saturated rings. The molecular weight excluding hydrogens is 224 g/mol. The molecule has 2 nitrogen and oxygen atoms in total. The van der Waals surface area contributed by atoms with Crippen LogP contribution in [0, 0.1) is 5.82 Å². The highest BCUT2D eigenvalue weighted by atomic mass is 19.1. The van der Waals surface area contributed by atoms with Gasteiger partial charge in [0, 0.05) is 11.8 Å². The maximum atomic E-state index is 13.1. The highest BCUT2D eigenvalue weighted by Crippen LogP contribution is 2.26. The number of nitrogens with one attached hydrogen (secondary N) is 1. The third-order valence-corrected chi connectivity index (χ3v) is 2.12. The molecule has 1 N–H and O–H groups in total. The number of ether oxygens (including phenoxy) is 1. The van der Waals surface area contributed by atoms with Crippen LogP contribution in [0.15, 0.2) is 30.0 Å². The first-order valence-electron chi connectivity index (χ1n) is 5.59. The van der Waals surface area contributed by atoms with Crippen molar-refractivity contribution in [2.24, 2.45) is 0 Å². The van der Waals surface area contributed by atoms with E-state index in [1.165, 1.54) is 18.2 Å². The van der Waals surface area contributed by atoms with Gasteiger partial charge in [-0.15, -0.1) is 0 Å². The van der Waals surface area contributed by atoms with Crippen LogP contribution in [0.25, 0.3) is 0 Å². The van der Waals surface area contributed by atoms with Crippen molar-refractivity contribution in [2.45, 2.75) is 20.3 Å². The summed E-state index contributed by atoms with van der Waals surface area (Å²) in [6, 6.07) is 4.24. The fourth-order valence-electron chi connectivity index (χ4n) is 1.32. The van der Waals surface area contributed by atoms with Crippen LogP contribution in [0.5, 0.6) is 5.75 Å². The zero-order chi connectivity index (χ0) is 12.7. The minimum Gasteiger partial charge on any atom is -0.491 e. The van der Waals surface area contributed by atoms with E-state index in [1.54, 1.807) is 13.0 Å². The monoisotopic (exact) mass is 241 g/mol. The Morgan fingerprint density at radius 2 is 2.24 bits per heavy atom. The normalized spacial score (nSPS) is 11.4. The fourth-order valence-corrected chi connectivity index (χ4v) is 1.32. The van der Waals surface area contributed by atoms with Gasteiger partial charge in [-0.2, -0.15) is 0 Å². The third-order valence-electron chi connectivity index (χ3n) is 2.12. The molecule has 1 aromatic rings. The predicted octanol–water partition coefficient (Wildman–Crippen LogP) is 3.90. The summed E-state index contributed by atoms with van der Waals surface area (Å²) in [7, 11) is 0. The van der Waals surface area contributed by atoms with Crippen LogP contribution in [0.4, 0.5) is 14.5 Å². The van der Waals surface area contributed by atoms with Crippen molar-refractivity contribution in [1.29, 1.82) is 0 Å². The van der Waals surface area contributed by atoms with Gasteiger partial charge in [-0.05, 0) is 31.6 Å². The molecule has 4 heteroatoms. The Hall–Kier alpha value is -1.58. The lowest BCUT2D eigenvalue weighted by Crippen LogP contribution is -2.02. The van der Waals surface area contributed by atoms with E-state index >= 15 is 0 Å². The average molecular weight is 241 g/mol. The number of hydrogen-bond acceptors (Lipinski definition) is 2. The Morgan fingerprint density at radius 1 is 1.47 bits per heavy atom. The van der Waals surface area contributed by atoms with Crippen molar-refractivity contribution in [2.75, 3.05) is 18.6 Å². The Labute approximate surface area is 100 Å². The van der Waals surface area contributed by atoms with Crippen LogP contribution in [-0.4, -0.2) is 13.3 Å². The van der Waals surface area contributed by atoms with Crippen LogP contribution in [0.1, 0.15) is 20.3 Å². The molecule has 17 heavy (non-hydrogen) atoms. The van der Waals surface area contributed by atoms with Gasteiger partial charge in [0.25, 0.3) is 0 Å².